The summed E-state index contributed by atoms with van der Waals surface area (Å²) in [4.78, 5) is 11.7. The van der Waals surface area contributed by atoms with Crippen LogP contribution in [0.25, 0.3) is 0 Å². The van der Waals surface area contributed by atoms with E-state index in [1.807, 2.05) is 18.2 Å². The van der Waals surface area contributed by atoms with Crippen LogP contribution >= 0.6 is 0 Å². The lowest BCUT2D eigenvalue weighted by Gasteiger charge is -2.34. The average Bonchev–Trinajstić information content (AvgIpc) is 2.31. The number of nitrogens with two attached hydrogens (primary N) is 1. The summed E-state index contributed by atoms with van der Waals surface area (Å²) in [6, 6.07) is 10.1. The molecule has 1 amide bonds. The van der Waals surface area contributed by atoms with Gasteiger partial charge in [0.25, 0.3) is 0 Å². The Hall–Kier alpha value is -1.35. The summed E-state index contributed by atoms with van der Waals surface area (Å²) in [6.07, 6.45) is 2.66. The van der Waals surface area contributed by atoms with E-state index < -0.39 is 0 Å². The first-order chi connectivity index (χ1) is 7.73. The van der Waals surface area contributed by atoms with E-state index in [1.54, 1.807) is 0 Å². The van der Waals surface area contributed by atoms with E-state index in [9.17, 15) is 4.79 Å². The zero-order valence-corrected chi connectivity index (χ0v) is 9.41. The summed E-state index contributed by atoms with van der Waals surface area (Å²) >= 11 is 0. The quantitative estimate of drug-likeness (QED) is 0.797. The maximum Gasteiger partial charge on any atom is 0.225 e. The topological polar surface area (TPSA) is 55.1 Å². The maximum atomic E-state index is 11.7. The number of carbonyl (C=O) groups is 1. The molecule has 1 fully saturated rings. The van der Waals surface area contributed by atoms with E-state index in [-0.39, 0.29) is 11.3 Å². The maximum absolute atomic E-state index is 11.7. The highest BCUT2D eigenvalue weighted by atomic mass is 16.1. The Morgan fingerprint density at radius 1 is 1.38 bits per heavy atom. The van der Waals surface area contributed by atoms with Gasteiger partial charge in [0.1, 0.15) is 0 Å². The third kappa shape index (κ3) is 2.25. The molecule has 3 N–H and O–H groups in total. The van der Waals surface area contributed by atoms with Crippen molar-refractivity contribution in [3.05, 3.63) is 35.9 Å². The number of hydrogen-bond acceptors (Lipinski definition) is 2. The van der Waals surface area contributed by atoms with Crippen molar-refractivity contribution in [3.63, 3.8) is 0 Å². The van der Waals surface area contributed by atoms with Crippen LogP contribution in [-0.2, 0) is 11.2 Å². The van der Waals surface area contributed by atoms with Crippen LogP contribution in [0.5, 0.6) is 0 Å². The predicted molar refractivity (Wildman–Crippen MR) is 63.9 cm³/mol. The first-order valence-corrected chi connectivity index (χ1v) is 5.77. The zero-order chi connectivity index (χ0) is 11.4. The van der Waals surface area contributed by atoms with Gasteiger partial charge in [-0.1, -0.05) is 30.3 Å². The Balaban J connectivity index is 2.17. The minimum absolute atomic E-state index is 0.177. The van der Waals surface area contributed by atoms with Crippen LogP contribution in [-0.4, -0.2) is 19.0 Å². The Labute approximate surface area is 96.0 Å². The zero-order valence-electron chi connectivity index (χ0n) is 9.41. The molecule has 0 unspecified atom stereocenters. The summed E-state index contributed by atoms with van der Waals surface area (Å²) in [5.74, 6) is -0.177. The van der Waals surface area contributed by atoms with E-state index in [2.05, 4.69) is 17.4 Å². The molecule has 3 nitrogen and oxygen atoms in total. The van der Waals surface area contributed by atoms with Gasteiger partial charge in [-0.25, -0.2) is 0 Å². The van der Waals surface area contributed by atoms with Crippen LogP contribution in [0.4, 0.5) is 0 Å². The highest BCUT2D eigenvalue weighted by Crippen LogP contribution is 2.30. The number of hydrogen-bond donors (Lipinski definition) is 2. The molecule has 1 aliphatic rings. The van der Waals surface area contributed by atoms with Gasteiger partial charge >= 0.3 is 0 Å². The van der Waals surface area contributed by atoms with E-state index in [1.165, 1.54) is 5.56 Å². The summed E-state index contributed by atoms with van der Waals surface area (Å²) in [5, 5.41) is 3.28. The Morgan fingerprint density at radius 2 is 2.12 bits per heavy atom. The fraction of sp³-hybridized carbons (Fsp3) is 0.462. The molecular weight excluding hydrogens is 200 g/mol. The molecule has 2 rings (SSSR count). The number of nitrogens with one attached hydrogen (secondary N) is 1. The molecule has 1 aromatic rings. The van der Waals surface area contributed by atoms with Crippen molar-refractivity contribution in [2.75, 3.05) is 13.1 Å². The van der Waals surface area contributed by atoms with Crippen molar-refractivity contribution in [1.82, 2.24) is 5.32 Å². The van der Waals surface area contributed by atoms with Crippen LogP contribution in [0.2, 0.25) is 0 Å². The Kier molecular flexibility index (Phi) is 3.25. The molecule has 0 saturated carbocycles. The fourth-order valence-corrected chi connectivity index (χ4v) is 2.40. The van der Waals surface area contributed by atoms with Crippen molar-refractivity contribution >= 4 is 5.91 Å². The number of primary amides is 1. The van der Waals surface area contributed by atoms with Gasteiger partial charge in [0.2, 0.25) is 5.91 Å². The van der Waals surface area contributed by atoms with Crippen molar-refractivity contribution < 1.29 is 4.79 Å². The van der Waals surface area contributed by atoms with Crippen LogP contribution in [0.15, 0.2) is 30.3 Å². The normalized spacial score (nSPS) is 25.2. The smallest absolute Gasteiger partial charge is 0.225 e. The molecule has 0 aliphatic carbocycles. The number of piperidine rings is 1. The molecule has 0 bridgehead atoms. The monoisotopic (exact) mass is 218 g/mol. The molecule has 0 spiro atoms. The van der Waals surface area contributed by atoms with Gasteiger partial charge in [-0.2, -0.15) is 0 Å². The third-order valence-corrected chi connectivity index (χ3v) is 3.38. The third-order valence-electron chi connectivity index (χ3n) is 3.38. The Bertz CT molecular complexity index is 355. The van der Waals surface area contributed by atoms with Gasteiger partial charge in [0, 0.05) is 6.54 Å². The predicted octanol–water partition coefficient (Wildman–Crippen LogP) is 1.08. The molecule has 3 heteroatoms. The van der Waals surface area contributed by atoms with Gasteiger partial charge in [-0.15, -0.1) is 0 Å². The molecule has 0 radical (unpaired) electrons. The molecular formula is C13H18N2O. The lowest BCUT2D eigenvalue weighted by atomic mass is 9.75. The highest BCUT2D eigenvalue weighted by molar-refractivity contribution is 5.81. The SMILES string of the molecule is NC(=O)[C@@]1(Cc2ccccc2)CCCNC1. The van der Waals surface area contributed by atoms with E-state index in [0.29, 0.717) is 6.54 Å². The first-order valence-electron chi connectivity index (χ1n) is 5.77. The van der Waals surface area contributed by atoms with Gasteiger partial charge in [-0.05, 0) is 31.4 Å². The van der Waals surface area contributed by atoms with E-state index >= 15 is 0 Å². The second-order valence-corrected chi connectivity index (χ2v) is 4.59. The van der Waals surface area contributed by atoms with Crippen molar-refractivity contribution in [2.45, 2.75) is 19.3 Å². The summed E-state index contributed by atoms with van der Waals surface area (Å²) in [7, 11) is 0. The molecule has 1 heterocycles. The summed E-state index contributed by atoms with van der Waals surface area (Å²) in [5.41, 5.74) is 6.37. The Morgan fingerprint density at radius 3 is 2.69 bits per heavy atom. The minimum Gasteiger partial charge on any atom is -0.369 e. The minimum atomic E-state index is -0.389. The van der Waals surface area contributed by atoms with Crippen molar-refractivity contribution in [3.8, 4) is 0 Å². The molecule has 16 heavy (non-hydrogen) atoms. The van der Waals surface area contributed by atoms with E-state index in [0.717, 1.165) is 25.8 Å². The number of carbonyl (C=O) groups excluding carboxylic acids is 1. The fourth-order valence-electron chi connectivity index (χ4n) is 2.40. The van der Waals surface area contributed by atoms with Gasteiger partial charge in [0.05, 0.1) is 5.41 Å². The summed E-state index contributed by atoms with van der Waals surface area (Å²) in [6.45, 7) is 1.70. The van der Waals surface area contributed by atoms with Crippen LogP contribution in [0, 0.1) is 5.41 Å². The van der Waals surface area contributed by atoms with Crippen LogP contribution < -0.4 is 11.1 Å². The second kappa shape index (κ2) is 4.66. The standard InChI is InChI=1S/C13H18N2O/c14-12(16)13(7-4-8-15-10-13)9-11-5-2-1-3-6-11/h1-3,5-6,15H,4,7-10H2,(H2,14,16)/t13-/m1/s1. The lowest BCUT2D eigenvalue weighted by Crippen LogP contribution is -2.50. The van der Waals surface area contributed by atoms with Crippen molar-refractivity contribution in [1.29, 1.82) is 0 Å². The van der Waals surface area contributed by atoms with Crippen molar-refractivity contribution in [2.24, 2.45) is 11.1 Å². The van der Waals surface area contributed by atoms with Gasteiger partial charge in [-0.3, -0.25) is 4.79 Å². The second-order valence-electron chi connectivity index (χ2n) is 4.59. The summed E-state index contributed by atoms with van der Waals surface area (Å²) < 4.78 is 0. The molecule has 0 aromatic heterocycles. The van der Waals surface area contributed by atoms with Gasteiger partial charge in [0.15, 0.2) is 0 Å². The largest absolute Gasteiger partial charge is 0.369 e. The van der Waals surface area contributed by atoms with E-state index in [4.69, 9.17) is 5.73 Å². The number of benzene rings is 1. The molecule has 1 saturated heterocycles. The molecule has 1 aromatic carbocycles. The van der Waals surface area contributed by atoms with Crippen LogP contribution in [0.3, 0.4) is 0 Å². The molecule has 1 aliphatic heterocycles. The highest BCUT2D eigenvalue weighted by Gasteiger charge is 2.37. The van der Waals surface area contributed by atoms with Crippen LogP contribution in [0.1, 0.15) is 18.4 Å². The number of amides is 1. The average molecular weight is 218 g/mol. The van der Waals surface area contributed by atoms with Gasteiger partial charge < -0.3 is 11.1 Å². The molecule has 1 atom stereocenters. The first kappa shape index (κ1) is 11.1. The number of rotatable bonds is 3. The lowest BCUT2D eigenvalue weighted by molar-refractivity contribution is -0.128. The molecule has 86 valence electrons.